The van der Waals surface area contributed by atoms with Crippen molar-refractivity contribution in [1.82, 2.24) is 26.6 Å². The zero-order valence-electron chi connectivity index (χ0n) is 37.5. The van der Waals surface area contributed by atoms with Crippen molar-refractivity contribution < 1.29 is 62.7 Å². The van der Waals surface area contributed by atoms with Crippen molar-refractivity contribution in [1.29, 1.82) is 0 Å². The number of rotatable bonds is 46. The molecule has 0 bridgehead atoms. The van der Waals surface area contributed by atoms with Crippen molar-refractivity contribution in [2.75, 3.05) is 79.0 Å². The second-order valence-corrected chi connectivity index (χ2v) is 15.8. The molecule has 0 saturated heterocycles. The highest BCUT2D eigenvalue weighted by Crippen LogP contribution is 2.14. The summed E-state index contributed by atoms with van der Waals surface area (Å²) < 4.78 is 21.4. The van der Waals surface area contributed by atoms with Gasteiger partial charge >= 0.3 is 11.9 Å². The highest BCUT2D eigenvalue weighted by atomic mass is 31.0. The van der Waals surface area contributed by atoms with Crippen LogP contribution in [0, 0.1) is 0 Å². The van der Waals surface area contributed by atoms with Crippen molar-refractivity contribution in [3.8, 4) is 0 Å². The van der Waals surface area contributed by atoms with Crippen molar-refractivity contribution in [3.63, 3.8) is 0 Å². The first-order valence-electron chi connectivity index (χ1n) is 22.8. The standard InChI is InChI=1S/C43H80N5O13P/c1-2-44-36(43(57)62)19-17-18-24-45-39(51)33-60-31-30-59-28-26-47-40(52)34-61-32-29-58-27-25-46-37(49)23-22-35(42(55)56)48-38(50)20-15-13-11-9-7-5-3-4-6-8-10-12-14-16-21-41(53)54/h35-36,44H,2-34,62H2,1H3,(H,45,51)(H,46,49)(H,47,52)(H,48,50)(H,53,54)(H,55,56)/t35-,36?/m0/s1. The second kappa shape index (κ2) is 43.0. The first kappa shape index (κ1) is 58.7. The molecule has 18 nitrogen and oxygen atoms in total. The molecule has 19 heteroatoms. The highest BCUT2D eigenvalue weighted by molar-refractivity contribution is 7.40. The molecule has 0 aliphatic carbocycles. The minimum atomic E-state index is -1.18. The quantitative estimate of drug-likeness (QED) is 0.0340. The lowest BCUT2D eigenvalue weighted by atomic mass is 10.0. The molecule has 0 radical (unpaired) electrons. The molecule has 0 aliphatic heterocycles. The average molecular weight is 906 g/mol. The molecule has 0 aliphatic rings. The summed E-state index contributed by atoms with van der Waals surface area (Å²) >= 11 is 0. The lowest BCUT2D eigenvalue weighted by Crippen LogP contribution is -2.41. The summed E-state index contributed by atoms with van der Waals surface area (Å²) in [5.74, 6) is -3.12. The number of carboxylic acid groups (broad SMARTS) is 2. The van der Waals surface area contributed by atoms with E-state index in [9.17, 15) is 38.7 Å². The number of ether oxygens (including phenoxy) is 4. The molecular formula is C43H80N5O13P. The molecule has 0 saturated carbocycles. The molecule has 3 atom stereocenters. The van der Waals surface area contributed by atoms with E-state index in [-0.39, 0.29) is 127 Å². The van der Waals surface area contributed by atoms with Crippen LogP contribution in [0.15, 0.2) is 0 Å². The zero-order valence-corrected chi connectivity index (χ0v) is 38.6. The van der Waals surface area contributed by atoms with Gasteiger partial charge in [-0.05, 0) is 45.1 Å². The monoisotopic (exact) mass is 906 g/mol. The Morgan fingerprint density at radius 3 is 1.39 bits per heavy atom. The van der Waals surface area contributed by atoms with E-state index in [0.29, 0.717) is 13.0 Å². The first-order valence-corrected chi connectivity index (χ1v) is 23.4. The molecule has 0 fully saturated rings. The molecule has 0 rings (SSSR count). The van der Waals surface area contributed by atoms with Crippen LogP contribution in [0.25, 0.3) is 0 Å². The van der Waals surface area contributed by atoms with Crippen LogP contribution in [0.2, 0.25) is 0 Å². The molecule has 0 aromatic rings. The number of hydrogen-bond acceptors (Lipinski definition) is 12. The molecule has 0 heterocycles. The van der Waals surface area contributed by atoms with E-state index >= 15 is 0 Å². The molecule has 7 N–H and O–H groups in total. The lowest BCUT2D eigenvalue weighted by Gasteiger charge is -2.14. The van der Waals surface area contributed by atoms with Gasteiger partial charge in [-0.25, -0.2) is 4.79 Å². The van der Waals surface area contributed by atoms with Gasteiger partial charge in [-0.15, -0.1) is 0 Å². The zero-order chi connectivity index (χ0) is 45.9. The maximum Gasteiger partial charge on any atom is 0.326 e. The number of carbonyl (C=O) groups is 7. The number of amides is 4. The van der Waals surface area contributed by atoms with Crippen LogP contribution in [-0.4, -0.2) is 142 Å². The fourth-order valence-corrected chi connectivity index (χ4v) is 6.54. The van der Waals surface area contributed by atoms with E-state index in [4.69, 9.17) is 24.1 Å². The lowest BCUT2D eigenvalue weighted by molar-refractivity contribution is -0.142. The topological polar surface area (TPSA) is 257 Å². The third kappa shape index (κ3) is 40.8. The predicted molar refractivity (Wildman–Crippen MR) is 239 cm³/mol. The number of likely N-dealkylation sites (N-methyl/N-ethyl adjacent to an activating group) is 1. The minimum absolute atomic E-state index is 0.0261. The Kier molecular flexibility index (Phi) is 40.7. The average Bonchev–Trinajstić information content (AvgIpc) is 3.23. The van der Waals surface area contributed by atoms with Gasteiger partial charge in [0.05, 0.1) is 45.7 Å². The molecule has 4 amide bonds. The number of aliphatic carboxylic acids is 2. The van der Waals surface area contributed by atoms with Gasteiger partial charge in [0, 0.05) is 38.9 Å². The van der Waals surface area contributed by atoms with Gasteiger partial charge in [-0.3, -0.25) is 28.8 Å². The van der Waals surface area contributed by atoms with E-state index in [1.54, 1.807) is 0 Å². The fraction of sp³-hybridized carbons (Fsp3) is 0.837. The van der Waals surface area contributed by atoms with E-state index in [0.717, 1.165) is 64.3 Å². The largest absolute Gasteiger partial charge is 0.481 e. The molecule has 62 heavy (non-hydrogen) atoms. The smallest absolute Gasteiger partial charge is 0.326 e. The summed E-state index contributed by atoms with van der Waals surface area (Å²) in [4.78, 5) is 82.0. The van der Waals surface area contributed by atoms with Crippen molar-refractivity contribution in [2.24, 2.45) is 0 Å². The number of nitrogens with one attached hydrogen (secondary N) is 5. The van der Waals surface area contributed by atoms with Crippen LogP contribution in [0.4, 0.5) is 0 Å². The third-order valence-electron chi connectivity index (χ3n) is 9.72. The van der Waals surface area contributed by atoms with Crippen molar-refractivity contribution in [2.45, 2.75) is 154 Å². The van der Waals surface area contributed by atoms with Gasteiger partial charge in [-0.1, -0.05) is 93.2 Å². The Balaban J connectivity index is 3.66. The SMILES string of the molecule is CCNC(CCCCNC(=O)COCCOCCNC(=O)COCCOCCNC(=O)CC[C@H](NC(=O)CCCCCCCCCCCCCCCCC(=O)O)C(=O)O)C(=O)P. The molecule has 0 aromatic carbocycles. The van der Waals surface area contributed by atoms with Gasteiger partial charge in [-0.2, -0.15) is 0 Å². The number of carbonyl (C=O) groups excluding carboxylic acids is 5. The van der Waals surface area contributed by atoms with Crippen LogP contribution in [0.1, 0.15) is 142 Å². The van der Waals surface area contributed by atoms with Crippen molar-refractivity contribution >= 4 is 50.3 Å². The maximum atomic E-state index is 12.3. The molecule has 360 valence electrons. The Morgan fingerprint density at radius 2 is 0.919 bits per heavy atom. The molecule has 0 spiro atoms. The number of unbranched alkanes of at least 4 members (excludes halogenated alkanes) is 14. The van der Waals surface area contributed by atoms with Gasteiger partial charge in [0.2, 0.25) is 23.6 Å². The van der Waals surface area contributed by atoms with Crippen LogP contribution >= 0.6 is 9.24 Å². The Hall–Kier alpha value is -3.28. The molecule has 0 aromatic heterocycles. The summed E-state index contributed by atoms with van der Waals surface area (Å²) in [7, 11) is 2.20. The number of hydrogen-bond donors (Lipinski definition) is 7. The summed E-state index contributed by atoms with van der Waals surface area (Å²) in [6.45, 7) is 4.77. The highest BCUT2D eigenvalue weighted by Gasteiger charge is 2.21. The normalized spacial score (nSPS) is 12.0. The Bertz CT molecular complexity index is 1220. The van der Waals surface area contributed by atoms with Gasteiger partial charge in [0.1, 0.15) is 19.3 Å². The predicted octanol–water partition coefficient (Wildman–Crippen LogP) is 3.63. The maximum absolute atomic E-state index is 12.3. The summed E-state index contributed by atoms with van der Waals surface area (Å²) in [6.07, 6.45) is 17.8. The number of carboxylic acids is 2. The van der Waals surface area contributed by atoms with Gasteiger partial charge in [0.15, 0.2) is 5.52 Å². The van der Waals surface area contributed by atoms with Gasteiger partial charge < -0.3 is 55.7 Å². The fourth-order valence-electron chi connectivity index (χ4n) is 6.26. The van der Waals surface area contributed by atoms with Crippen LogP contribution in [0.3, 0.4) is 0 Å². The van der Waals surface area contributed by atoms with Crippen LogP contribution < -0.4 is 26.6 Å². The second-order valence-electron chi connectivity index (χ2n) is 15.2. The van der Waals surface area contributed by atoms with Crippen LogP contribution in [-0.2, 0) is 52.5 Å². The summed E-state index contributed by atoms with van der Waals surface area (Å²) in [5.41, 5.74) is 0.0360. The first-order chi connectivity index (χ1) is 30.0. The minimum Gasteiger partial charge on any atom is -0.481 e. The van der Waals surface area contributed by atoms with Crippen molar-refractivity contribution in [3.05, 3.63) is 0 Å². The van der Waals surface area contributed by atoms with E-state index in [1.807, 2.05) is 6.92 Å². The summed E-state index contributed by atoms with van der Waals surface area (Å²) in [5, 5.41) is 31.9. The third-order valence-corrected chi connectivity index (χ3v) is 10.1. The van der Waals surface area contributed by atoms with Gasteiger partial charge in [0.25, 0.3) is 0 Å². The van der Waals surface area contributed by atoms with E-state index in [2.05, 4.69) is 35.8 Å². The van der Waals surface area contributed by atoms with E-state index < -0.39 is 18.0 Å². The molecule has 2 unspecified atom stereocenters. The van der Waals surface area contributed by atoms with E-state index in [1.165, 1.54) is 44.9 Å². The molecular weight excluding hydrogens is 825 g/mol. The Morgan fingerprint density at radius 1 is 0.468 bits per heavy atom. The van der Waals surface area contributed by atoms with Crippen LogP contribution in [0.5, 0.6) is 0 Å². The Labute approximate surface area is 371 Å². The summed E-state index contributed by atoms with van der Waals surface area (Å²) in [6, 6.07) is -1.31.